The number of ether oxygens (including phenoxy) is 1. The van der Waals surface area contributed by atoms with E-state index in [1.165, 1.54) is 11.8 Å². The summed E-state index contributed by atoms with van der Waals surface area (Å²) in [4.78, 5) is 12.3. The molecule has 2 amide bonds. The van der Waals surface area contributed by atoms with Crippen molar-refractivity contribution in [3.8, 4) is 5.75 Å². The summed E-state index contributed by atoms with van der Waals surface area (Å²) in [6.07, 6.45) is -0.637. The second kappa shape index (κ2) is 10.5. The van der Waals surface area contributed by atoms with Crippen molar-refractivity contribution in [3.63, 3.8) is 0 Å². The van der Waals surface area contributed by atoms with Crippen molar-refractivity contribution in [2.75, 3.05) is 43.9 Å². The van der Waals surface area contributed by atoms with Crippen LogP contribution in [0.2, 0.25) is 0 Å². The van der Waals surface area contributed by atoms with Gasteiger partial charge in [0.25, 0.3) is 0 Å². The first-order valence-electron chi connectivity index (χ1n) is 8.26. The Bertz CT molecular complexity index is 660. The molecular weight excluding hydrogens is 418 g/mol. The Morgan fingerprint density at radius 2 is 2.00 bits per heavy atom. The lowest BCUT2D eigenvalue weighted by Crippen LogP contribution is -2.52. The summed E-state index contributed by atoms with van der Waals surface area (Å²) in [7, 11) is -1.95. The van der Waals surface area contributed by atoms with Crippen molar-refractivity contribution in [2.24, 2.45) is 0 Å². The van der Waals surface area contributed by atoms with Gasteiger partial charge < -0.3 is 14.6 Å². The number of hydroxylamine groups is 2. The monoisotopic (exact) mass is 440 g/mol. The van der Waals surface area contributed by atoms with Crippen LogP contribution in [0.25, 0.3) is 0 Å². The number of nitrogens with zero attached hydrogens (tertiary/aromatic N) is 2. The van der Waals surface area contributed by atoms with E-state index in [4.69, 9.17) is 32.5 Å². The summed E-state index contributed by atoms with van der Waals surface area (Å²) >= 11 is 11.5. The van der Waals surface area contributed by atoms with Gasteiger partial charge in [0.15, 0.2) is 0 Å². The van der Waals surface area contributed by atoms with Gasteiger partial charge in [-0.25, -0.2) is 14.6 Å². The van der Waals surface area contributed by atoms with E-state index in [1.807, 2.05) is 0 Å². The number of rotatable bonds is 8. The molecule has 1 aromatic rings. The maximum absolute atomic E-state index is 13.1. The van der Waals surface area contributed by atoms with Crippen LogP contribution in [0, 0.1) is 0 Å². The summed E-state index contributed by atoms with van der Waals surface area (Å²) in [5.74, 6) is 1.11. The second-order valence-electron chi connectivity index (χ2n) is 5.62. The number of anilines is 1. The predicted molar refractivity (Wildman–Crippen MR) is 104 cm³/mol. The van der Waals surface area contributed by atoms with Crippen molar-refractivity contribution in [1.29, 1.82) is 0 Å². The lowest BCUT2D eigenvalue weighted by Gasteiger charge is -2.39. The molecule has 1 fully saturated rings. The average molecular weight is 441 g/mol. The molecule has 0 radical (unpaired) electrons. The molecule has 27 heavy (non-hydrogen) atoms. The third-order valence-corrected chi connectivity index (χ3v) is 6.51. The van der Waals surface area contributed by atoms with Crippen molar-refractivity contribution >= 4 is 42.6 Å². The van der Waals surface area contributed by atoms with Gasteiger partial charge in [-0.1, -0.05) is 0 Å². The zero-order valence-corrected chi connectivity index (χ0v) is 17.2. The number of hydrogen-bond donors (Lipinski definition) is 3. The first-order valence-corrected chi connectivity index (χ1v) is 10.9. The molecule has 0 aliphatic carbocycles. The number of urea groups is 1. The Morgan fingerprint density at radius 3 is 2.56 bits per heavy atom. The van der Waals surface area contributed by atoms with E-state index in [1.54, 1.807) is 24.3 Å². The summed E-state index contributed by atoms with van der Waals surface area (Å²) in [6.45, 7) is 0.673. The van der Waals surface area contributed by atoms with Crippen LogP contribution in [0.1, 0.15) is 6.42 Å². The van der Waals surface area contributed by atoms with Gasteiger partial charge in [0.2, 0.25) is 0 Å². The minimum Gasteiger partial charge on any atom is -0.497 e. The third-order valence-electron chi connectivity index (χ3n) is 3.87. The number of halogens is 2. The fourth-order valence-electron chi connectivity index (χ4n) is 2.49. The normalized spacial score (nSPS) is 22.5. The molecule has 1 heterocycles. The van der Waals surface area contributed by atoms with Crippen LogP contribution in [0.15, 0.2) is 24.3 Å². The van der Waals surface area contributed by atoms with Crippen LogP contribution in [-0.4, -0.2) is 65.7 Å². The Hall–Kier alpha value is -1.06. The predicted octanol–water partition coefficient (Wildman–Crippen LogP) is 3.14. The molecule has 152 valence electrons. The average Bonchev–Trinajstić information content (AvgIpc) is 2.67. The molecule has 1 aliphatic heterocycles. The SMILES string of the molecule is COc1ccc(NC(=O)N(O)C2CCOP(=O)(N(CCCl)CCCl)N2)cc1. The summed E-state index contributed by atoms with van der Waals surface area (Å²) < 4.78 is 25.0. The first kappa shape index (κ1) is 22.2. The maximum atomic E-state index is 13.1. The Morgan fingerprint density at radius 1 is 1.37 bits per heavy atom. The van der Waals surface area contributed by atoms with Gasteiger partial charge >= 0.3 is 13.7 Å². The van der Waals surface area contributed by atoms with Crippen molar-refractivity contribution < 1.29 is 23.8 Å². The van der Waals surface area contributed by atoms with Crippen molar-refractivity contribution in [1.82, 2.24) is 14.8 Å². The fraction of sp³-hybridized carbons (Fsp3) is 0.533. The molecule has 3 N–H and O–H groups in total. The molecule has 0 bridgehead atoms. The second-order valence-corrected chi connectivity index (χ2v) is 8.50. The highest BCUT2D eigenvalue weighted by Crippen LogP contribution is 2.49. The lowest BCUT2D eigenvalue weighted by atomic mass is 10.3. The molecule has 9 nitrogen and oxygen atoms in total. The summed E-state index contributed by atoms with van der Waals surface area (Å²) in [5, 5.41) is 16.0. The van der Waals surface area contributed by atoms with E-state index >= 15 is 0 Å². The first-order chi connectivity index (χ1) is 12.9. The zero-order valence-electron chi connectivity index (χ0n) is 14.8. The van der Waals surface area contributed by atoms with E-state index in [-0.39, 0.29) is 37.9 Å². The third kappa shape index (κ3) is 5.96. The number of benzene rings is 1. The molecule has 0 spiro atoms. The molecule has 0 saturated carbocycles. The molecule has 1 aliphatic rings. The fourth-order valence-corrected chi connectivity index (χ4v) is 5.22. The minimum atomic E-state index is -3.48. The smallest absolute Gasteiger partial charge is 0.347 e. The minimum absolute atomic E-state index is 0.100. The van der Waals surface area contributed by atoms with Crippen molar-refractivity contribution in [2.45, 2.75) is 12.6 Å². The van der Waals surface area contributed by atoms with E-state index < -0.39 is 19.9 Å². The molecule has 0 aromatic heterocycles. The quantitative estimate of drug-likeness (QED) is 0.247. The number of amides is 2. The van der Waals surface area contributed by atoms with E-state index in [0.717, 1.165) is 0 Å². The topological polar surface area (TPSA) is 103 Å². The van der Waals surface area contributed by atoms with Crippen LogP contribution in [0.3, 0.4) is 0 Å². The number of methoxy groups -OCH3 is 1. The van der Waals surface area contributed by atoms with Crippen LogP contribution < -0.4 is 15.1 Å². The van der Waals surface area contributed by atoms with Gasteiger partial charge in [-0.2, -0.15) is 5.06 Å². The van der Waals surface area contributed by atoms with Gasteiger partial charge in [-0.3, -0.25) is 9.77 Å². The van der Waals surface area contributed by atoms with E-state index in [2.05, 4.69) is 10.4 Å². The van der Waals surface area contributed by atoms with Crippen LogP contribution >= 0.6 is 30.9 Å². The van der Waals surface area contributed by atoms with Gasteiger partial charge in [-0.05, 0) is 24.3 Å². The number of carbonyl (C=O) groups is 1. The maximum Gasteiger partial charge on any atom is 0.347 e. The highest BCUT2D eigenvalue weighted by molar-refractivity contribution is 7.54. The number of alkyl halides is 2. The number of carbonyl (C=O) groups excluding carboxylic acids is 1. The zero-order chi connectivity index (χ0) is 19.9. The number of hydrogen-bond acceptors (Lipinski definition) is 5. The van der Waals surface area contributed by atoms with Crippen LogP contribution in [0.4, 0.5) is 10.5 Å². The van der Waals surface area contributed by atoms with Crippen molar-refractivity contribution in [3.05, 3.63) is 24.3 Å². The molecule has 1 aromatic carbocycles. The standard InChI is InChI=1S/C15H23Cl2N4O5P/c1-25-13-4-2-12(3-5-13)18-15(22)21(23)14-6-11-26-27(24,19-14)20(9-7-16)10-8-17/h2-5,14,23H,6-11H2,1H3,(H,18,22)(H,19,24). The summed E-state index contributed by atoms with van der Waals surface area (Å²) in [6, 6.07) is 5.85. The van der Waals surface area contributed by atoms with Gasteiger partial charge in [0.1, 0.15) is 11.9 Å². The van der Waals surface area contributed by atoms with Gasteiger partial charge in [-0.15, -0.1) is 23.2 Å². The van der Waals surface area contributed by atoms with Crippen LogP contribution in [-0.2, 0) is 9.09 Å². The van der Waals surface area contributed by atoms with Gasteiger partial charge in [0.05, 0.1) is 13.7 Å². The number of nitrogens with one attached hydrogen (secondary N) is 2. The Balaban J connectivity index is 2.02. The van der Waals surface area contributed by atoms with Crippen LogP contribution in [0.5, 0.6) is 5.75 Å². The molecule has 2 unspecified atom stereocenters. The van der Waals surface area contributed by atoms with Gasteiger partial charge in [0, 0.05) is 37.0 Å². The largest absolute Gasteiger partial charge is 0.497 e. The molecular formula is C15H23Cl2N4O5P. The molecule has 1 saturated heterocycles. The Labute approximate surface area is 168 Å². The highest BCUT2D eigenvalue weighted by atomic mass is 35.5. The highest BCUT2D eigenvalue weighted by Gasteiger charge is 2.40. The summed E-state index contributed by atoms with van der Waals surface area (Å²) in [5.41, 5.74) is 0.473. The lowest BCUT2D eigenvalue weighted by molar-refractivity contribution is -0.0876. The van der Waals surface area contributed by atoms with E-state index in [0.29, 0.717) is 16.5 Å². The Kier molecular flexibility index (Phi) is 8.62. The van der Waals surface area contributed by atoms with E-state index in [9.17, 15) is 14.6 Å². The molecule has 12 heteroatoms. The molecule has 2 atom stereocenters. The molecule has 2 rings (SSSR count).